The maximum absolute atomic E-state index is 12.7. The molecule has 2 aliphatic heterocycles. The van der Waals surface area contributed by atoms with Crippen molar-refractivity contribution in [3.05, 3.63) is 59.7 Å². The zero-order valence-electron chi connectivity index (χ0n) is 20.3. The molecule has 2 fully saturated rings. The van der Waals surface area contributed by atoms with Crippen molar-refractivity contribution in [2.75, 3.05) is 45.9 Å². The lowest BCUT2D eigenvalue weighted by atomic mass is 10.1. The number of carbonyl (C=O) groups excluding carboxylic acids is 1. The first-order valence-corrected chi connectivity index (χ1v) is 15.2. The van der Waals surface area contributed by atoms with Gasteiger partial charge < -0.3 is 10.1 Å². The van der Waals surface area contributed by atoms with Gasteiger partial charge in [0.25, 0.3) is 0 Å². The highest BCUT2D eigenvalue weighted by Gasteiger charge is 2.27. The van der Waals surface area contributed by atoms with E-state index < -0.39 is 20.0 Å². The van der Waals surface area contributed by atoms with Crippen LogP contribution in [0, 0.1) is 0 Å². The van der Waals surface area contributed by atoms with Crippen LogP contribution in [-0.4, -0.2) is 77.3 Å². The molecule has 0 saturated carbocycles. The third kappa shape index (κ3) is 6.51. The quantitative estimate of drug-likeness (QED) is 0.496. The normalized spacial score (nSPS) is 17.8. The molecule has 2 aliphatic rings. The summed E-state index contributed by atoms with van der Waals surface area (Å²) in [5.41, 5.74) is 1.84. The second-order valence-corrected chi connectivity index (χ2v) is 12.9. The Morgan fingerprint density at radius 3 is 1.72 bits per heavy atom. The Kier molecular flexibility index (Phi) is 8.78. The van der Waals surface area contributed by atoms with Crippen molar-refractivity contribution in [1.82, 2.24) is 13.9 Å². The van der Waals surface area contributed by atoms with Gasteiger partial charge in [0.2, 0.25) is 26.0 Å². The van der Waals surface area contributed by atoms with Crippen LogP contribution in [0.4, 0.5) is 0 Å². The van der Waals surface area contributed by atoms with Crippen LogP contribution in [0.25, 0.3) is 0 Å². The molecule has 11 heteroatoms. The number of ether oxygens (including phenoxy) is 1. The van der Waals surface area contributed by atoms with Crippen molar-refractivity contribution in [3.8, 4) is 0 Å². The number of aryl methyl sites for hydroxylation is 1. The highest BCUT2D eigenvalue weighted by molar-refractivity contribution is 7.89. The van der Waals surface area contributed by atoms with E-state index in [-0.39, 0.29) is 10.8 Å². The number of nitrogens with zero attached hydrogens (tertiary/aromatic N) is 2. The molecular formula is C25H33N3O6S2. The number of nitrogens with one attached hydrogen (secondary N) is 1. The lowest BCUT2D eigenvalue weighted by Gasteiger charge is -2.26. The molecule has 2 heterocycles. The zero-order chi connectivity index (χ0) is 25.6. The average Bonchev–Trinajstić information content (AvgIpc) is 3.45. The van der Waals surface area contributed by atoms with Gasteiger partial charge in [-0.3, -0.25) is 4.79 Å². The number of sulfonamides is 2. The molecule has 9 nitrogen and oxygen atoms in total. The van der Waals surface area contributed by atoms with Gasteiger partial charge in [0.1, 0.15) is 0 Å². The van der Waals surface area contributed by atoms with E-state index in [1.807, 2.05) is 0 Å². The minimum absolute atomic E-state index is 0.0896. The monoisotopic (exact) mass is 535 g/mol. The highest BCUT2D eigenvalue weighted by atomic mass is 32.2. The van der Waals surface area contributed by atoms with Gasteiger partial charge in [-0.15, -0.1) is 0 Å². The van der Waals surface area contributed by atoms with Crippen LogP contribution in [-0.2, 0) is 42.4 Å². The predicted molar refractivity (Wildman–Crippen MR) is 135 cm³/mol. The number of morpholine rings is 1. The predicted octanol–water partition coefficient (Wildman–Crippen LogP) is 1.78. The van der Waals surface area contributed by atoms with Crippen molar-refractivity contribution in [2.45, 2.75) is 41.9 Å². The van der Waals surface area contributed by atoms with Crippen LogP contribution >= 0.6 is 0 Å². The summed E-state index contributed by atoms with van der Waals surface area (Å²) >= 11 is 0. The molecule has 1 amide bonds. The van der Waals surface area contributed by atoms with Crippen molar-refractivity contribution < 1.29 is 26.4 Å². The average molecular weight is 536 g/mol. The van der Waals surface area contributed by atoms with Crippen molar-refractivity contribution >= 4 is 26.0 Å². The summed E-state index contributed by atoms with van der Waals surface area (Å²) < 4.78 is 58.8. The smallest absolute Gasteiger partial charge is 0.243 e. The van der Waals surface area contributed by atoms with Crippen LogP contribution in [0.5, 0.6) is 0 Å². The summed E-state index contributed by atoms with van der Waals surface area (Å²) in [5.74, 6) is -0.0896. The molecule has 196 valence electrons. The molecule has 0 unspecified atom stereocenters. The third-order valence-corrected chi connectivity index (χ3v) is 10.4. The fourth-order valence-electron chi connectivity index (χ4n) is 4.36. The first kappa shape index (κ1) is 26.7. The lowest BCUT2D eigenvalue weighted by Crippen LogP contribution is -2.40. The van der Waals surface area contributed by atoms with E-state index in [2.05, 4.69) is 5.32 Å². The van der Waals surface area contributed by atoms with Crippen molar-refractivity contribution in [2.24, 2.45) is 0 Å². The molecule has 0 spiro atoms. The van der Waals surface area contributed by atoms with Gasteiger partial charge in [-0.25, -0.2) is 16.8 Å². The van der Waals surface area contributed by atoms with E-state index in [0.29, 0.717) is 70.1 Å². The summed E-state index contributed by atoms with van der Waals surface area (Å²) in [6.45, 7) is 3.12. The van der Waals surface area contributed by atoms with Crippen LogP contribution in [0.3, 0.4) is 0 Å². The van der Waals surface area contributed by atoms with Crippen molar-refractivity contribution in [3.63, 3.8) is 0 Å². The minimum atomic E-state index is -3.53. The third-order valence-electron chi connectivity index (χ3n) is 6.53. The second-order valence-electron chi connectivity index (χ2n) is 9.02. The molecule has 0 radical (unpaired) electrons. The number of carbonyl (C=O) groups is 1. The Balaban J connectivity index is 1.20. The van der Waals surface area contributed by atoms with Crippen LogP contribution < -0.4 is 5.32 Å². The fraction of sp³-hybridized carbons (Fsp3) is 0.480. The molecule has 0 bridgehead atoms. The maximum Gasteiger partial charge on any atom is 0.243 e. The summed E-state index contributed by atoms with van der Waals surface area (Å²) in [4.78, 5) is 12.8. The topological polar surface area (TPSA) is 113 Å². The number of rotatable bonds is 10. The maximum atomic E-state index is 12.7. The molecule has 2 aromatic carbocycles. The van der Waals surface area contributed by atoms with E-state index in [1.165, 1.54) is 8.61 Å². The van der Waals surface area contributed by atoms with Gasteiger partial charge in [-0.1, -0.05) is 24.3 Å². The SMILES string of the molecule is O=C(CCc1ccc(S(=O)(=O)N2CCOCC2)cc1)NCCc1ccc(S(=O)(=O)N2CCCC2)cc1. The van der Waals surface area contributed by atoms with Crippen LogP contribution in [0.15, 0.2) is 58.3 Å². The summed E-state index contributed by atoms with van der Waals surface area (Å²) in [7, 11) is -6.94. The van der Waals surface area contributed by atoms with E-state index in [0.717, 1.165) is 24.0 Å². The van der Waals surface area contributed by atoms with Crippen LogP contribution in [0.2, 0.25) is 0 Å². The number of hydrogen-bond donors (Lipinski definition) is 1. The Morgan fingerprint density at radius 2 is 1.19 bits per heavy atom. The van der Waals surface area contributed by atoms with Crippen LogP contribution in [0.1, 0.15) is 30.4 Å². The molecule has 1 N–H and O–H groups in total. The lowest BCUT2D eigenvalue weighted by molar-refractivity contribution is -0.121. The van der Waals surface area contributed by atoms with Gasteiger partial charge >= 0.3 is 0 Å². The Hall–Kier alpha value is -2.31. The Labute approximate surface area is 213 Å². The molecule has 2 saturated heterocycles. The Bertz CT molecular complexity index is 1230. The van der Waals surface area contributed by atoms with Gasteiger partial charge in [-0.2, -0.15) is 8.61 Å². The number of hydrogen-bond acceptors (Lipinski definition) is 6. The molecule has 2 aromatic rings. The summed E-state index contributed by atoms with van der Waals surface area (Å²) in [5, 5.41) is 2.89. The first-order valence-electron chi connectivity index (χ1n) is 12.3. The van der Waals surface area contributed by atoms with Gasteiger partial charge in [0, 0.05) is 39.1 Å². The first-order chi connectivity index (χ1) is 17.3. The van der Waals surface area contributed by atoms with Gasteiger partial charge in [-0.05, 0) is 61.1 Å². The molecule has 0 atom stereocenters. The van der Waals surface area contributed by atoms with E-state index in [4.69, 9.17) is 4.74 Å². The molecule has 0 aromatic heterocycles. The fourth-order valence-corrected chi connectivity index (χ4v) is 7.29. The van der Waals surface area contributed by atoms with E-state index in [1.54, 1.807) is 48.5 Å². The van der Waals surface area contributed by atoms with Gasteiger partial charge in [0.15, 0.2) is 0 Å². The highest BCUT2D eigenvalue weighted by Crippen LogP contribution is 2.21. The molecule has 0 aliphatic carbocycles. The number of benzene rings is 2. The zero-order valence-corrected chi connectivity index (χ0v) is 21.9. The largest absolute Gasteiger partial charge is 0.379 e. The molecule has 36 heavy (non-hydrogen) atoms. The number of amides is 1. The van der Waals surface area contributed by atoms with E-state index >= 15 is 0 Å². The standard InChI is InChI=1S/C25H33N3O6S2/c29-25(12-7-21-3-8-24(9-4-21)36(32,33)28-17-19-34-20-18-28)26-14-13-22-5-10-23(11-6-22)35(30,31)27-15-1-2-16-27/h3-6,8-11H,1-2,7,12-20H2,(H,26,29). The van der Waals surface area contributed by atoms with E-state index in [9.17, 15) is 21.6 Å². The van der Waals surface area contributed by atoms with Crippen molar-refractivity contribution in [1.29, 1.82) is 0 Å². The summed E-state index contributed by atoms with van der Waals surface area (Å²) in [6.07, 6.45) is 3.21. The second kappa shape index (κ2) is 11.8. The molecule has 4 rings (SSSR count). The Morgan fingerprint density at radius 1 is 0.722 bits per heavy atom. The summed E-state index contributed by atoms with van der Waals surface area (Å²) in [6, 6.07) is 13.5. The van der Waals surface area contributed by atoms with Gasteiger partial charge in [0.05, 0.1) is 23.0 Å². The molecular weight excluding hydrogens is 502 g/mol. The minimum Gasteiger partial charge on any atom is -0.379 e.